The first-order valence-electron chi connectivity index (χ1n) is 7.14. The van der Waals surface area contributed by atoms with Gasteiger partial charge in [0.25, 0.3) is 0 Å². The molecule has 1 unspecified atom stereocenters. The summed E-state index contributed by atoms with van der Waals surface area (Å²) in [4.78, 5) is 11.4. The van der Waals surface area contributed by atoms with Crippen molar-refractivity contribution in [2.75, 3.05) is 4.90 Å². The highest BCUT2D eigenvalue weighted by atomic mass is 35.5. The van der Waals surface area contributed by atoms with Crippen LogP contribution in [0.3, 0.4) is 0 Å². The Kier molecular flexibility index (Phi) is 2.71. The van der Waals surface area contributed by atoms with Gasteiger partial charge in [-0.2, -0.15) is 0 Å². The van der Waals surface area contributed by atoms with Crippen molar-refractivity contribution in [3.8, 4) is 0 Å². The van der Waals surface area contributed by atoms with Crippen LogP contribution in [0.25, 0.3) is 0 Å². The van der Waals surface area contributed by atoms with E-state index in [1.165, 1.54) is 24.1 Å². The highest BCUT2D eigenvalue weighted by Gasteiger charge is 2.31. The Hall–Kier alpha value is -1.61. The molecule has 0 amide bonds. The maximum Gasteiger partial charge on any atom is 0.138 e. The quantitative estimate of drug-likeness (QED) is 0.778. The van der Waals surface area contributed by atoms with Gasteiger partial charge in [0, 0.05) is 23.7 Å². The molecule has 2 aliphatic rings. The number of fused-ring (bicyclic) bond motifs is 1. The molecule has 0 bridgehead atoms. The number of hydrogen-bond donors (Lipinski definition) is 0. The third-order valence-corrected chi connectivity index (χ3v) is 4.29. The number of benzene rings is 1. The van der Waals surface area contributed by atoms with Crippen LogP contribution in [0.5, 0.6) is 0 Å². The van der Waals surface area contributed by atoms with Crippen molar-refractivity contribution < 1.29 is 0 Å². The second-order valence-electron chi connectivity index (χ2n) is 5.73. The summed E-state index contributed by atoms with van der Waals surface area (Å²) in [6, 6.07) is 10.8. The fourth-order valence-electron chi connectivity index (χ4n) is 2.99. The van der Waals surface area contributed by atoms with Crippen LogP contribution in [0.2, 0.25) is 5.15 Å². The molecule has 4 rings (SSSR count). The predicted molar refractivity (Wildman–Crippen MR) is 80.8 cm³/mol. The van der Waals surface area contributed by atoms with Gasteiger partial charge in [-0.25, -0.2) is 9.97 Å². The van der Waals surface area contributed by atoms with Crippen molar-refractivity contribution in [2.45, 2.75) is 38.1 Å². The molecule has 20 heavy (non-hydrogen) atoms. The van der Waals surface area contributed by atoms with Crippen LogP contribution in [-0.2, 0) is 6.42 Å². The van der Waals surface area contributed by atoms with Crippen LogP contribution in [0.15, 0.2) is 30.3 Å². The monoisotopic (exact) mass is 285 g/mol. The average molecular weight is 286 g/mol. The van der Waals surface area contributed by atoms with E-state index in [0.29, 0.717) is 17.1 Å². The lowest BCUT2D eigenvalue weighted by Gasteiger charge is -2.24. The summed E-state index contributed by atoms with van der Waals surface area (Å²) in [7, 11) is 0. The number of hydrogen-bond acceptors (Lipinski definition) is 3. The average Bonchev–Trinajstić information content (AvgIpc) is 3.20. The van der Waals surface area contributed by atoms with Gasteiger partial charge in [-0.3, -0.25) is 0 Å². The van der Waals surface area contributed by atoms with E-state index in [-0.39, 0.29) is 0 Å². The Morgan fingerprint density at radius 2 is 2.00 bits per heavy atom. The van der Waals surface area contributed by atoms with Gasteiger partial charge < -0.3 is 4.90 Å². The lowest BCUT2D eigenvalue weighted by molar-refractivity contribution is 0.744. The van der Waals surface area contributed by atoms with Crippen molar-refractivity contribution in [2.24, 2.45) is 0 Å². The highest BCUT2D eigenvalue weighted by molar-refractivity contribution is 6.29. The Morgan fingerprint density at radius 3 is 2.80 bits per heavy atom. The van der Waals surface area contributed by atoms with E-state index in [9.17, 15) is 0 Å². The summed E-state index contributed by atoms with van der Waals surface area (Å²) in [6.07, 6.45) is 3.43. The third-order valence-electron chi connectivity index (χ3n) is 4.10. The zero-order valence-corrected chi connectivity index (χ0v) is 12.1. The minimum absolute atomic E-state index is 0.408. The minimum Gasteiger partial charge on any atom is -0.323 e. The molecule has 0 radical (unpaired) electrons. The van der Waals surface area contributed by atoms with Crippen molar-refractivity contribution >= 4 is 23.1 Å². The summed E-state index contributed by atoms with van der Waals surface area (Å²) in [5.74, 6) is 2.36. The molecule has 1 aliphatic carbocycles. The van der Waals surface area contributed by atoms with Gasteiger partial charge in [-0.05, 0) is 37.8 Å². The number of halogens is 1. The fourth-order valence-corrected chi connectivity index (χ4v) is 3.17. The Labute approximate surface area is 123 Å². The van der Waals surface area contributed by atoms with Gasteiger partial charge >= 0.3 is 0 Å². The lowest BCUT2D eigenvalue weighted by Crippen LogP contribution is -2.25. The maximum atomic E-state index is 6.20. The van der Waals surface area contributed by atoms with Gasteiger partial charge in [0.2, 0.25) is 0 Å². The standard InChI is InChI=1S/C16H16ClN3/c1-10-8-12-4-2-3-5-13(12)20(10)15-9-14(17)18-16(19-15)11-6-7-11/h2-5,9-11H,6-8H2,1H3. The maximum absolute atomic E-state index is 6.20. The van der Waals surface area contributed by atoms with Crippen molar-refractivity contribution in [3.63, 3.8) is 0 Å². The van der Waals surface area contributed by atoms with E-state index in [1.54, 1.807) is 0 Å². The van der Waals surface area contributed by atoms with E-state index in [4.69, 9.17) is 16.6 Å². The van der Waals surface area contributed by atoms with Crippen LogP contribution in [-0.4, -0.2) is 16.0 Å². The molecule has 0 N–H and O–H groups in total. The molecule has 1 fully saturated rings. The van der Waals surface area contributed by atoms with Crippen molar-refractivity contribution in [1.29, 1.82) is 0 Å². The molecular weight excluding hydrogens is 270 g/mol. The smallest absolute Gasteiger partial charge is 0.138 e. The second kappa shape index (κ2) is 4.45. The molecule has 0 saturated heterocycles. The molecule has 2 heterocycles. The third kappa shape index (κ3) is 1.97. The van der Waals surface area contributed by atoms with Gasteiger partial charge in [0.05, 0.1) is 0 Å². The number of para-hydroxylation sites is 1. The molecule has 4 heteroatoms. The molecule has 3 nitrogen and oxygen atoms in total. The summed E-state index contributed by atoms with van der Waals surface area (Å²) in [6.45, 7) is 2.23. The van der Waals surface area contributed by atoms with Gasteiger partial charge in [-0.15, -0.1) is 0 Å². The predicted octanol–water partition coefficient (Wildman–Crippen LogP) is 4.09. The van der Waals surface area contributed by atoms with E-state index < -0.39 is 0 Å². The lowest BCUT2D eigenvalue weighted by atomic mass is 10.1. The molecule has 2 aromatic rings. The minimum atomic E-state index is 0.408. The summed E-state index contributed by atoms with van der Waals surface area (Å²) >= 11 is 6.20. The van der Waals surface area contributed by atoms with Gasteiger partial charge in [0.15, 0.2) is 0 Å². The van der Waals surface area contributed by atoms with Crippen LogP contribution in [0, 0.1) is 0 Å². The SMILES string of the molecule is CC1Cc2ccccc2N1c1cc(Cl)nc(C2CC2)n1. The molecule has 1 aromatic carbocycles. The molecule has 1 aliphatic heterocycles. The highest BCUT2D eigenvalue weighted by Crippen LogP contribution is 2.41. The molecule has 0 spiro atoms. The van der Waals surface area contributed by atoms with E-state index >= 15 is 0 Å². The summed E-state index contributed by atoms with van der Waals surface area (Å²) < 4.78 is 0. The van der Waals surface area contributed by atoms with Gasteiger partial charge in [0.1, 0.15) is 16.8 Å². The summed E-state index contributed by atoms with van der Waals surface area (Å²) in [5.41, 5.74) is 2.62. The molecule has 102 valence electrons. The van der Waals surface area contributed by atoms with Crippen LogP contribution >= 0.6 is 11.6 Å². The summed E-state index contributed by atoms with van der Waals surface area (Å²) in [5, 5.41) is 0.550. The molecule has 1 saturated carbocycles. The van der Waals surface area contributed by atoms with E-state index in [0.717, 1.165) is 18.1 Å². The van der Waals surface area contributed by atoms with Crippen LogP contribution in [0.4, 0.5) is 11.5 Å². The number of aromatic nitrogens is 2. The Morgan fingerprint density at radius 1 is 1.20 bits per heavy atom. The first-order chi connectivity index (χ1) is 9.72. The van der Waals surface area contributed by atoms with E-state index in [1.807, 2.05) is 6.07 Å². The molecule has 1 aromatic heterocycles. The van der Waals surface area contributed by atoms with E-state index in [2.05, 4.69) is 41.1 Å². The zero-order chi connectivity index (χ0) is 13.7. The van der Waals surface area contributed by atoms with Gasteiger partial charge in [-0.1, -0.05) is 29.8 Å². The van der Waals surface area contributed by atoms with Crippen molar-refractivity contribution in [3.05, 3.63) is 46.9 Å². The fraction of sp³-hybridized carbons (Fsp3) is 0.375. The van der Waals surface area contributed by atoms with Crippen LogP contribution < -0.4 is 4.90 Å². The zero-order valence-electron chi connectivity index (χ0n) is 11.4. The Balaban J connectivity index is 1.80. The van der Waals surface area contributed by atoms with Crippen molar-refractivity contribution in [1.82, 2.24) is 9.97 Å². The molecule has 1 atom stereocenters. The normalized spacial score (nSPS) is 21.1. The first kappa shape index (κ1) is 12.2. The number of nitrogens with zero attached hydrogens (tertiary/aromatic N) is 3. The number of anilines is 2. The first-order valence-corrected chi connectivity index (χ1v) is 7.52. The topological polar surface area (TPSA) is 29.0 Å². The number of rotatable bonds is 2. The molecular formula is C16H16ClN3. The Bertz CT molecular complexity index is 667. The van der Waals surface area contributed by atoms with Crippen LogP contribution in [0.1, 0.15) is 37.1 Å². The second-order valence-corrected chi connectivity index (χ2v) is 6.12. The largest absolute Gasteiger partial charge is 0.323 e.